The lowest BCUT2D eigenvalue weighted by atomic mass is 10.0. The summed E-state index contributed by atoms with van der Waals surface area (Å²) in [7, 11) is 0. The minimum Gasteiger partial charge on any atom is -0.481 e. The highest BCUT2D eigenvalue weighted by molar-refractivity contribution is 6.32. The minimum atomic E-state index is -1.12. The molecule has 3 aromatic carbocycles. The van der Waals surface area contributed by atoms with Crippen LogP contribution in [0, 0.1) is 0 Å². The van der Waals surface area contributed by atoms with Gasteiger partial charge in [-0.1, -0.05) is 48.5 Å². The maximum Gasteiger partial charge on any atom is 0.341 e. The van der Waals surface area contributed by atoms with E-state index in [2.05, 4.69) is 5.43 Å². The van der Waals surface area contributed by atoms with Crippen LogP contribution < -0.4 is 15.2 Å². The molecule has 2 N–H and O–H groups in total. The van der Waals surface area contributed by atoms with Gasteiger partial charge in [0.1, 0.15) is 11.3 Å². The van der Waals surface area contributed by atoms with E-state index in [0.29, 0.717) is 11.3 Å². The molecule has 1 saturated heterocycles. The maximum atomic E-state index is 12.9. The zero-order valence-corrected chi connectivity index (χ0v) is 15.2. The number of benzene rings is 3. The molecular weight excluding hydrogens is 372 g/mol. The number of carboxylic acid groups (broad SMARTS) is 1. The fraction of sp³-hybridized carbons (Fsp3) is 0.0455. The molecule has 0 bridgehead atoms. The molecule has 29 heavy (non-hydrogen) atoms. The molecule has 144 valence electrons. The number of nitrogens with zero attached hydrogens (tertiary/aromatic N) is 1. The average molecular weight is 388 g/mol. The molecule has 7 heteroatoms. The van der Waals surface area contributed by atoms with Crippen molar-refractivity contribution in [1.29, 1.82) is 0 Å². The van der Waals surface area contributed by atoms with Gasteiger partial charge in [0, 0.05) is 5.56 Å². The third kappa shape index (κ3) is 3.53. The molecule has 2 amide bonds. The van der Waals surface area contributed by atoms with E-state index in [0.717, 1.165) is 10.8 Å². The Hall–Kier alpha value is -4.13. The van der Waals surface area contributed by atoms with Gasteiger partial charge < -0.3 is 9.84 Å². The number of anilines is 1. The first-order chi connectivity index (χ1) is 14.0. The molecule has 4 rings (SSSR count). The number of carbonyl (C=O) groups excluding carboxylic acids is 2. The Morgan fingerprint density at radius 1 is 1.00 bits per heavy atom. The third-order valence-electron chi connectivity index (χ3n) is 4.48. The second kappa shape index (κ2) is 7.47. The molecule has 0 saturated carbocycles. The molecule has 0 radical (unpaired) electrons. The largest absolute Gasteiger partial charge is 0.481 e. The quantitative estimate of drug-likeness (QED) is 0.518. The monoisotopic (exact) mass is 388 g/mol. The number of hydrogen-bond acceptors (Lipinski definition) is 4. The van der Waals surface area contributed by atoms with Crippen LogP contribution in [0.15, 0.2) is 72.3 Å². The second-order valence-corrected chi connectivity index (χ2v) is 6.36. The van der Waals surface area contributed by atoms with Crippen LogP contribution >= 0.6 is 0 Å². The fourth-order valence-electron chi connectivity index (χ4n) is 3.15. The van der Waals surface area contributed by atoms with Crippen molar-refractivity contribution in [1.82, 2.24) is 5.43 Å². The lowest BCUT2D eigenvalue weighted by molar-refractivity contribution is -0.139. The van der Waals surface area contributed by atoms with Gasteiger partial charge in [0.15, 0.2) is 6.61 Å². The molecule has 0 unspecified atom stereocenters. The Morgan fingerprint density at radius 3 is 2.48 bits per heavy atom. The summed E-state index contributed by atoms with van der Waals surface area (Å²) in [6.07, 6.45) is 1.44. The summed E-state index contributed by atoms with van der Waals surface area (Å²) in [5.41, 5.74) is 3.49. The van der Waals surface area contributed by atoms with E-state index >= 15 is 0 Å². The number of nitrogens with one attached hydrogen (secondary N) is 1. The first-order valence-corrected chi connectivity index (χ1v) is 8.83. The van der Waals surface area contributed by atoms with Gasteiger partial charge in [-0.25, -0.2) is 9.80 Å². The van der Waals surface area contributed by atoms with Gasteiger partial charge in [-0.15, -0.1) is 0 Å². The molecule has 7 nitrogen and oxygen atoms in total. The molecule has 0 aliphatic carbocycles. The standard InChI is InChI=1S/C22H16N2O5/c25-20(26)13-29-19-11-10-14-6-4-5-9-16(14)17(19)12-18-21(27)23-24(22(18)28)15-7-2-1-3-8-15/h1-12H,13H2,(H,23,27)(H,25,26)/b18-12-. The molecule has 3 aromatic rings. The molecule has 1 heterocycles. The highest BCUT2D eigenvalue weighted by Gasteiger charge is 2.34. The van der Waals surface area contributed by atoms with Gasteiger partial charge in [0.2, 0.25) is 0 Å². The van der Waals surface area contributed by atoms with E-state index in [1.165, 1.54) is 11.1 Å². The lowest BCUT2D eigenvalue weighted by Gasteiger charge is -2.14. The van der Waals surface area contributed by atoms with Crippen LogP contribution in [-0.2, 0) is 14.4 Å². The van der Waals surface area contributed by atoms with Crippen LogP contribution in [0.25, 0.3) is 16.8 Å². The summed E-state index contributed by atoms with van der Waals surface area (Å²) in [4.78, 5) is 36.3. The van der Waals surface area contributed by atoms with Crippen LogP contribution in [0.4, 0.5) is 5.69 Å². The zero-order chi connectivity index (χ0) is 20.4. The molecule has 1 fully saturated rings. The van der Waals surface area contributed by atoms with E-state index in [1.807, 2.05) is 30.3 Å². The first-order valence-electron chi connectivity index (χ1n) is 8.83. The summed E-state index contributed by atoms with van der Waals surface area (Å²) >= 11 is 0. The van der Waals surface area contributed by atoms with Crippen LogP contribution in [0.1, 0.15) is 5.56 Å². The summed E-state index contributed by atoms with van der Waals surface area (Å²) in [5.74, 6) is -1.90. The number of fused-ring (bicyclic) bond motifs is 1. The second-order valence-electron chi connectivity index (χ2n) is 6.36. The molecule has 1 aliphatic rings. The van der Waals surface area contributed by atoms with Gasteiger partial charge in [-0.2, -0.15) is 0 Å². The van der Waals surface area contributed by atoms with Crippen molar-refractivity contribution < 1.29 is 24.2 Å². The summed E-state index contributed by atoms with van der Waals surface area (Å²) in [5, 5.41) is 11.7. The highest BCUT2D eigenvalue weighted by atomic mass is 16.5. The van der Waals surface area contributed by atoms with Crippen molar-refractivity contribution >= 4 is 40.3 Å². The topological polar surface area (TPSA) is 95.9 Å². The Labute approximate surface area is 165 Å². The smallest absolute Gasteiger partial charge is 0.341 e. The number of hydrazine groups is 1. The number of carboxylic acids is 1. The maximum absolute atomic E-state index is 12.9. The van der Waals surface area contributed by atoms with Gasteiger partial charge >= 0.3 is 5.97 Å². The lowest BCUT2D eigenvalue weighted by Crippen LogP contribution is -2.35. The number of para-hydroxylation sites is 1. The van der Waals surface area contributed by atoms with Crippen LogP contribution in [-0.4, -0.2) is 29.5 Å². The van der Waals surface area contributed by atoms with Gasteiger partial charge in [0.25, 0.3) is 11.8 Å². The van der Waals surface area contributed by atoms with Crippen molar-refractivity contribution in [2.45, 2.75) is 0 Å². The van der Waals surface area contributed by atoms with Crippen LogP contribution in [0.2, 0.25) is 0 Å². The number of carbonyl (C=O) groups is 3. The predicted molar refractivity (Wildman–Crippen MR) is 107 cm³/mol. The number of amides is 2. The molecule has 1 aliphatic heterocycles. The molecule has 0 aromatic heterocycles. The minimum absolute atomic E-state index is 0.0645. The normalized spacial score (nSPS) is 15.0. The zero-order valence-electron chi connectivity index (χ0n) is 15.2. The fourth-order valence-corrected chi connectivity index (χ4v) is 3.15. The van der Waals surface area contributed by atoms with Crippen molar-refractivity contribution in [2.75, 3.05) is 11.6 Å². The van der Waals surface area contributed by atoms with Gasteiger partial charge in [-0.05, 0) is 35.0 Å². The molecule has 0 spiro atoms. The van der Waals surface area contributed by atoms with Crippen molar-refractivity contribution in [3.05, 3.63) is 77.9 Å². The summed E-state index contributed by atoms with van der Waals surface area (Å²) in [6.45, 7) is -0.537. The van der Waals surface area contributed by atoms with Gasteiger partial charge in [-0.3, -0.25) is 15.0 Å². The van der Waals surface area contributed by atoms with Crippen molar-refractivity contribution in [3.63, 3.8) is 0 Å². The Bertz CT molecular complexity index is 1150. The number of rotatable bonds is 5. The predicted octanol–water partition coefficient (Wildman–Crippen LogP) is 2.76. The van der Waals surface area contributed by atoms with E-state index < -0.39 is 24.4 Å². The van der Waals surface area contributed by atoms with E-state index in [-0.39, 0.29) is 11.3 Å². The summed E-state index contributed by atoms with van der Waals surface area (Å²) in [6, 6.07) is 19.6. The first kappa shape index (κ1) is 18.2. The molecule has 0 atom stereocenters. The van der Waals surface area contributed by atoms with Crippen molar-refractivity contribution in [3.8, 4) is 5.75 Å². The number of aliphatic carboxylic acids is 1. The molecular formula is C22H16N2O5. The SMILES string of the molecule is O=C(O)COc1ccc2ccccc2c1/C=C1/C(=O)NN(c2ccccc2)C1=O. The average Bonchev–Trinajstić information content (AvgIpc) is 3.02. The van der Waals surface area contributed by atoms with Gasteiger partial charge in [0.05, 0.1) is 5.69 Å². The third-order valence-corrected chi connectivity index (χ3v) is 4.48. The Morgan fingerprint density at radius 2 is 1.72 bits per heavy atom. The number of ether oxygens (including phenoxy) is 1. The number of hydrogen-bond donors (Lipinski definition) is 2. The highest BCUT2D eigenvalue weighted by Crippen LogP contribution is 2.32. The van der Waals surface area contributed by atoms with Crippen LogP contribution in [0.5, 0.6) is 5.75 Å². The Balaban J connectivity index is 1.80. The summed E-state index contributed by atoms with van der Waals surface area (Å²) < 4.78 is 5.40. The van der Waals surface area contributed by atoms with Crippen LogP contribution in [0.3, 0.4) is 0 Å². The van der Waals surface area contributed by atoms with E-state index in [9.17, 15) is 14.4 Å². The van der Waals surface area contributed by atoms with E-state index in [4.69, 9.17) is 9.84 Å². The van der Waals surface area contributed by atoms with Crippen molar-refractivity contribution in [2.24, 2.45) is 0 Å². The van der Waals surface area contributed by atoms with E-state index in [1.54, 1.807) is 36.4 Å². The Kier molecular flexibility index (Phi) is 4.70.